The van der Waals surface area contributed by atoms with Crippen molar-refractivity contribution in [2.45, 2.75) is 133 Å². The summed E-state index contributed by atoms with van der Waals surface area (Å²) >= 11 is 0. The van der Waals surface area contributed by atoms with Gasteiger partial charge in [0.25, 0.3) is 0 Å². The molecule has 2 N–H and O–H groups in total. The molecule has 15 heteroatoms. The number of esters is 2. The summed E-state index contributed by atoms with van der Waals surface area (Å²) in [5, 5.41) is 14.8. The number of nitrogens with one attached hydrogen (secondary N) is 1. The number of amides is 3. The van der Waals surface area contributed by atoms with Gasteiger partial charge in [0.1, 0.15) is 41.5 Å². The normalized spacial score (nSPS) is 28.4. The maximum absolute atomic E-state index is 15.7. The fraction of sp³-hybridized carbons (Fsp3) is 0.596. The van der Waals surface area contributed by atoms with E-state index in [-0.39, 0.29) is 50.0 Å². The summed E-state index contributed by atoms with van der Waals surface area (Å²) < 4.78 is 25.6. The molecule has 3 saturated heterocycles. The largest absolute Gasteiger partial charge is 0.460 e. The van der Waals surface area contributed by atoms with Crippen LogP contribution in [0.3, 0.4) is 0 Å². The second-order valence-electron chi connectivity index (χ2n) is 19.1. The predicted octanol–water partition coefficient (Wildman–Crippen LogP) is 3.56. The first kappa shape index (κ1) is 44.0. The van der Waals surface area contributed by atoms with Crippen LogP contribution in [-0.4, -0.2) is 131 Å². The molecule has 0 aromatic heterocycles. The van der Waals surface area contributed by atoms with Crippen molar-refractivity contribution in [3.05, 3.63) is 77.4 Å². The molecular weight excluding hydrogens is 797 g/mol. The average Bonchev–Trinajstić information content (AvgIpc) is 4.19. The number of hydrogen-bond donors (Lipinski definition) is 2. The van der Waals surface area contributed by atoms with Crippen molar-refractivity contribution in [1.82, 2.24) is 20.2 Å². The van der Waals surface area contributed by atoms with Gasteiger partial charge in [0.2, 0.25) is 17.7 Å². The van der Waals surface area contributed by atoms with Crippen molar-refractivity contribution in [3.8, 4) is 0 Å². The van der Waals surface area contributed by atoms with Crippen molar-refractivity contribution in [2.75, 3.05) is 27.7 Å². The Hall–Kier alpha value is -4.67. The molecule has 62 heavy (non-hydrogen) atoms. The molecule has 6 aliphatic rings. The highest BCUT2D eigenvalue weighted by Gasteiger charge is 2.78. The van der Waals surface area contributed by atoms with Crippen LogP contribution < -0.4 is 5.32 Å². The van der Waals surface area contributed by atoms with Crippen molar-refractivity contribution < 1.29 is 52.9 Å². The Morgan fingerprint density at radius 3 is 2.23 bits per heavy atom. The number of benzene rings is 2. The number of aliphatic hydroxyl groups is 1. The lowest BCUT2D eigenvalue weighted by atomic mass is 9.62. The van der Waals surface area contributed by atoms with Gasteiger partial charge in [-0.2, -0.15) is 5.06 Å². The molecule has 0 radical (unpaired) electrons. The molecule has 8 unspecified atom stereocenters. The molecule has 6 fully saturated rings. The van der Waals surface area contributed by atoms with E-state index < -0.39 is 89.7 Å². The van der Waals surface area contributed by atoms with Gasteiger partial charge in [-0.3, -0.25) is 28.8 Å². The number of aliphatic hydroxyl groups excluding tert-OH is 1. The molecule has 3 heterocycles. The summed E-state index contributed by atoms with van der Waals surface area (Å²) in [6, 6.07) is 13.7. The molecule has 3 aliphatic heterocycles. The first-order valence-electron chi connectivity index (χ1n) is 21.9. The zero-order chi connectivity index (χ0) is 44.1. The summed E-state index contributed by atoms with van der Waals surface area (Å²) in [5.41, 5.74) is 0.170. The van der Waals surface area contributed by atoms with E-state index in [2.05, 4.69) is 5.32 Å². The Morgan fingerprint density at radius 1 is 0.952 bits per heavy atom. The minimum atomic E-state index is -1.53. The number of fused-ring (bicyclic) bond motifs is 4. The molecule has 8 atom stereocenters. The predicted molar refractivity (Wildman–Crippen MR) is 224 cm³/mol. The summed E-state index contributed by atoms with van der Waals surface area (Å²) in [6.45, 7) is 4.99. The molecule has 15 nitrogen and oxygen atoms in total. The fourth-order valence-electron chi connectivity index (χ4n) is 9.78. The van der Waals surface area contributed by atoms with Crippen molar-refractivity contribution in [2.24, 2.45) is 17.3 Å². The van der Waals surface area contributed by atoms with Gasteiger partial charge in [0.15, 0.2) is 11.8 Å². The van der Waals surface area contributed by atoms with E-state index in [1.54, 1.807) is 53.1 Å². The standard InChI is InChI=1S/C47H60N4O11/c1-45(2,3)59-37(54)23-21-33(27-52)48-42(55)34(24-29-10-8-7-9-11-29)50(6)44(57)46-25-35-38-39(61-47(60-38,31-17-18-31)32-19-20-32)41(46)62-51(40(46)43(56)58-35)26-30-14-12-28(13-15-30)16-22-36(53)49(4)5/h7-16,22,31-35,38-41,52H,17-21,23-27H2,1-6H3,(H,48,55). The maximum Gasteiger partial charge on any atom is 0.327 e. The van der Waals surface area contributed by atoms with E-state index in [9.17, 15) is 24.3 Å². The first-order valence-corrected chi connectivity index (χ1v) is 21.9. The number of hydroxylamine groups is 2. The number of carbonyl (C=O) groups is 5. The monoisotopic (exact) mass is 856 g/mol. The fourth-order valence-corrected chi connectivity index (χ4v) is 9.78. The van der Waals surface area contributed by atoms with Crippen LogP contribution in [0.1, 0.15) is 82.4 Å². The molecular formula is C47H60N4O11. The van der Waals surface area contributed by atoms with Crippen LogP contribution >= 0.6 is 0 Å². The first-order chi connectivity index (χ1) is 29.5. The van der Waals surface area contributed by atoms with E-state index in [1.807, 2.05) is 54.6 Å². The number of carbonyl (C=O) groups excluding carboxylic acids is 5. The van der Waals surface area contributed by atoms with Crippen LogP contribution in [0.25, 0.3) is 6.08 Å². The van der Waals surface area contributed by atoms with E-state index >= 15 is 4.79 Å². The van der Waals surface area contributed by atoms with Crippen molar-refractivity contribution in [1.29, 1.82) is 0 Å². The van der Waals surface area contributed by atoms with Gasteiger partial charge in [-0.1, -0.05) is 54.6 Å². The third-order valence-electron chi connectivity index (χ3n) is 13.1. The lowest BCUT2D eigenvalue weighted by Gasteiger charge is -2.50. The zero-order valence-corrected chi connectivity index (χ0v) is 36.5. The van der Waals surface area contributed by atoms with Crippen LogP contribution in [0.4, 0.5) is 0 Å². The SMILES string of the molecule is CN(C)C(=O)C=Cc1ccc(CN2OC3C4OC(C5CC5)(C5CC5)OC4C4CC3(C(=O)N(C)C(Cc3ccccc3)C(=O)NC(CO)CCC(=O)OC(C)(C)C)C2C(=O)O4)cc1. The number of hydrogen-bond acceptors (Lipinski definition) is 12. The quantitative estimate of drug-likeness (QED) is 0.186. The third kappa shape index (κ3) is 8.66. The lowest BCUT2D eigenvalue weighted by molar-refractivity contribution is -0.235. The van der Waals surface area contributed by atoms with Gasteiger partial charge in [0, 0.05) is 58.3 Å². The van der Waals surface area contributed by atoms with Gasteiger partial charge in [-0.15, -0.1) is 0 Å². The maximum atomic E-state index is 15.7. The zero-order valence-electron chi connectivity index (χ0n) is 36.5. The summed E-state index contributed by atoms with van der Waals surface area (Å²) in [6.07, 6.45) is 4.26. The molecule has 2 bridgehead atoms. The molecule has 3 amide bonds. The Kier molecular flexibility index (Phi) is 12.1. The molecule has 3 saturated carbocycles. The van der Waals surface area contributed by atoms with Gasteiger partial charge in [-0.05, 0) is 75.6 Å². The Labute approximate surface area is 362 Å². The van der Waals surface area contributed by atoms with Crippen LogP contribution in [0.2, 0.25) is 0 Å². The number of ether oxygens (including phenoxy) is 4. The van der Waals surface area contributed by atoms with E-state index in [0.29, 0.717) is 0 Å². The van der Waals surface area contributed by atoms with Gasteiger partial charge in [0.05, 0.1) is 19.2 Å². The topological polar surface area (TPSA) is 173 Å². The van der Waals surface area contributed by atoms with Gasteiger partial charge >= 0.3 is 11.9 Å². The molecule has 8 rings (SSSR count). The Morgan fingerprint density at radius 2 is 1.61 bits per heavy atom. The summed E-state index contributed by atoms with van der Waals surface area (Å²) in [5.74, 6) is -2.64. The average molecular weight is 857 g/mol. The minimum absolute atomic E-state index is 0.0343. The second kappa shape index (κ2) is 17.1. The van der Waals surface area contributed by atoms with Crippen molar-refractivity contribution >= 4 is 35.7 Å². The van der Waals surface area contributed by atoms with Crippen LogP contribution in [0.5, 0.6) is 0 Å². The molecule has 2 aromatic rings. The summed E-state index contributed by atoms with van der Waals surface area (Å²) in [7, 11) is 4.94. The Bertz CT molecular complexity index is 2030. The number of nitrogens with zero attached hydrogens (tertiary/aromatic N) is 3. The van der Waals surface area contributed by atoms with E-state index in [1.165, 1.54) is 15.9 Å². The second-order valence-corrected chi connectivity index (χ2v) is 19.1. The highest BCUT2D eigenvalue weighted by molar-refractivity contribution is 5.96. The highest BCUT2D eigenvalue weighted by Crippen LogP contribution is 2.64. The van der Waals surface area contributed by atoms with Crippen LogP contribution in [0.15, 0.2) is 60.7 Å². The smallest absolute Gasteiger partial charge is 0.327 e. The van der Waals surface area contributed by atoms with Gasteiger partial charge in [-0.25, -0.2) is 0 Å². The third-order valence-corrected chi connectivity index (χ3v) is 13.1. The molecule has 334 valence electrons. The molecule has 0 spiro atoms. The van der Waals surface area contributed by atoms with Gasteiger partial charge < -0.3 is 39.2 Å². The Balaban J connectivity index is 1.11. The number of rotatable bonds is 16. The van der Waals surface area contributed by atoms with Crippen LogP contribution in [-0.2, 0) is 60.7 Å². The lowest BCUT2D eigenvalue weighted by Crippen LogP contribution is -2.70. The van der Waals surface area contributed by atoms with E-state index in [4.69, 9.17) is 23.8 Å². The minimum Gasteiger partial charge on any atom is -0.460 e. The van der Waals surface area contributed by atoms with Crippen molar-refractivity contribution in [3.63, 3.8) is 0 Å². The van der Waals surface area contributed by atoms with E-state index in [0.717, 1.165) is 42.4 Å². The number of likely N-dealkylation sites (N-methyl/N-ethyl adjacent to an activating group) is 2. The molecule has 2 aromatic carbocycles. The van der Waals surface area contributed by atoms with Crippen LogP contribution in [0, 0.1) is 17.3 Å². The highest BCUT2D eigenvalue weighted by atomic mass is 16.8. The summed E-state index contributed by atoms with van der Waals surface area (Å²) in [4.78, 5) is 79.2. The molecule has 3 aliphatic carbocycles.